The van der Waals surface area contributed by atoms with Crippen molar-refractivity contribution in [3.05, 3.63) is 0 Å². The van der Waals surface area contributed by atoms with Crippen LogP contribution in [0.15, 0.2) is 0 Å². The zero-order valence-corrected chi connectivity index (χ0v) is 12.8. The number of thioether (sulfide) groups is 1. The molecule has 0 spiro atoms. The largest absolute Gasteiger partial charge is 0.383 e. The zero-order chi connectivity index (χ0) is 13.2. The van der Waals surface area contributed by atoms with E-state index in [-0.39, 0.29) is 5.54 Å². The molecule has 1 aliphatic carbocycles. The Morgan fingerprint density at radius 1 is 1.50 bits per heavy atom. The maximum absolute atomic E-state index is 6.17. The second kappa shape index (κ2) is 6.12. The van der Waals surface area contributed by atoms with Gasteiger partial charge in [-0.2, -0.15) is 11.8 Å². The Morgan fingerprint density at radius 2 is 2.22 bits per heavy atom. The highest BCUT2D eigenvalue weighted by atomic mass is 32.2. The highest BCUT2D eigenvalue weighted by Gasteiger charge is 2.46. The van der Waals surface area contributed by atoms with Gasteiger partial charge in [-0.3, -0.25) is 4.90 Å². The van der Waals surface area contributed by atoms with Gasteiger partial charge in [-0.25, -0.2) is 0 Å². The van der Waals surface area contributed by atoms with Gasteiger partial charge in [0.1, 0.15) is 0 Å². The number of rotatable bonds is 7. The molecule has 4 heteroatoms. The first-order valence-corrected chi connectivity index (χ1v) is 8.25. The molecular formula is C14H28N2OS. The monoisotopic (exact) mass is 272 g/mol. The van der Waals surface area contributed by atoms with E-state index in [1.807, 2.05) is 0 Å². The Hall–Kier alpha value is 0.230. The van der Waals surface area contributed by atoms with Gasteiger partial charge < -0.3 is 10.5 Å². The van der Waals surface area contributed by atoms with E-state index in [9.17, 15) is 0 Å². The van der Waals surface area contributed by atoms with Crippen LogP contribution in [0.1, 0.15) is 33.1 Å². The lowest BCUT2D eigenvalue weighted by molar-refractivity contribution is 0.0332. The molecule has 0 amide bonds. The molecular weight excluding hydrogens is 244 g/mol. The molecule has 3 nitrogen and oxygen atoms in total. The van der Waals surface area contributed by atoms with Crippen molar-refractivity contribution in [1.82, 2.24) is 4.90 Å². The van der Waals surface area contributed by atoms with Crippen LogP contribution in [-0.4, -0.2) is 54.3 Å². The molecule has 2 aliphatic rings. The standard InChI is InChI=1S/C14H28N2OS/c1-11-8-14(9-15,10-18-11)16(6-7-17-3)12(2)13-4-5-13/h11-13H,4-10,15H2,1-3H3. The minimum Gasteiger partial charge on any atom is -0.383 e. The van der Waals surface area contributed by atoms with E-state index in [1.54, 1.807) is 7.11 Å². The molecule has 106 valence electrons. The van der Waals surface area contributed by atoms with Gasteiger partial charge in [0.2, 0.25) is 0 Å². The molecule has 1 heterocycles. The van der Waals surface area contributed by atoms with Crippen molar-refractivity contribution in [1.29, 1.82) is 0 Å². The van der Waals surface area contributed by atoms with E-state index in [0.717, 1.165) is 30.9 Å². The summed E-state index contributed by atoms with van der Waals surface area (Å²) in [5.74, 6) is 2.08. The lowest BCUT2D eigenvalue weighted by Crippen LogP contribution is -2.59. The summed E-state index contributed by atoms with van der Waals surface area (Å²) in [5, 5.41) is 0.741. The van der Waals surface area contributed by atoms with Crippen LogP contribution in [0.3, 0.4) is 0 Å². The van der Waals surface area contributed by atoms with Crippen LogP contribution in [0.2, 0.25) is 0 Å². The van der Waals surface area contributed by atoms with Crippen molar-refractivity contribution in [3.63, 3.8) is 0 Å². The van der Waals surface area contributed by atoms with Crippen LogP contribution >= 0.6 is 11.8 Å². The highest BCUT2D eigenvalue weighted by molar-refractivity contribution is 8.00. The van der Waals surface area contributed by atoms with Crippen molar-refractivity contribution >= 4 is 11.8 Å². The summed E-state index contributed by atoms with van der Waals surface area (Å²) in [6.45, 7) is 7.35. The molecule has 1 saturated heterocycles. The summed E-state index contributed by atoms with van der Waals surface area (Å²) < 4.78 is 5.31. The van der Waals surface area contributed by atoms with E-state index >= 15 is 0 Å². The Bertz CT molecular complexity index is 273. The first-order valence-electron chi connectivity index (χ1n) is 7.20. The SMILES string of the molecule is COCCN(C(C)C1CC1)C1(CN)CSC(C)C1. The maximum atomic E-state index is 6.17. The first kappa shape index (κ1) is 14.6. The molecule has 3 unspecified atom stereocenters. The van der Waals surface area contributed by atoms with Crippen molar-refractivity contribution in [3.8, 4) is 0 Å². The second-order valence-electron chi connectivity index (χ2n) is 6.02. The number of hydrogen-bond acceptors (Lipinski definition) is 4. The molecule has 0 aromatic carbocycles. The van der Waals surface area contributed by atoms with Gasteiger partial charge in [0.25, 0.3) is 0 Å². The summed E-state index contributed by atoms with van der Waals surface area (Å²) in [6.07, 6.45) is 4.02. The summed E-state index contributed by atoms with van der Waals surface area (Å²) >= 11 is 2.08. The van der Waals surface area contributed by atoms with Crippen LogP contribution < -0.4 is 5.73 Å². The zero-order valence-electron chi connectivity index (χ0n) is 12.0. The molecule has 0 bridgehead atoms. The van der Waals surface area contributed by atoms with Gasteiger partial charge in [-0.1, -0.05) is 6.92 Å². The maximum Gasteiger partial charge on any atom is 0.0590 e. The minimum absolute atomic E-state index is 0.213. The first-order chi connectivity index (χ1) is 8.63. The van der Waals surface area contributed by atoms with Crippen LogP contribution in [0.25, 0.3) is 0 Å². The summed E-state index contributed by atoms with van der Waals surface area (Å²) in [7, 11) is 1.79. The van der Waals surface area contributed by atoms with Gasteiger partial charge in [0.05, 0.1) is 6.61 Å². The lowest BCUT2D eigenvalue weighted by Gasteiger charge is -2.44. The molecule has 1 saturated carbocycles. The highest BCUT2D eigenvalue weighted by Crippen LogP contribution is 2.43. The molecule has 2 N–H and O–H groups in total. The Morgan fingerprint density at radius 3 is 2.67 bits per heavy atom. The third kappa shape index (κ3) is 3.03. The van der Waals surface area contributed by atoms with Crippen molar-refractivity contribution < 1.29 is 4.74 Å². The third-order valence-electron chi connectivity index (χ3n) is 4.63. The Balaban J connectivity index is 2.09. The van der Waals surface area contributed by atoms with Crippen molar-refractivity contribution in [2.45, 2.75) is 49.9 Å². The van der Waals surface area contributed by atoms with E-state index in [0.29, 0.717) is 6.04 Å². The molecule has 2 rings (SSSR count). The molecule has 2 fully saturated rings. The smallest absolute Gasteiger partial charge is 0.0590 e. The number of ether oxygens (including phenoxy) is 1. The van der Waals surface area contributed by atoms with E-state index < -0.39 is 0 Å². The van der Waals surface area contributed by atoms with E-state index in [2.05, 4.69) is 30.5 Å². The topological polar surface area (TPSA) is 38.5 Å². The summed E-state index contributed by atoms with van der Waals surface area (Å²) in [6, 6.07) is 0.662. The summed E-state index contributed by atoms with van der Waals surface area (Å²) in [5.41, 5.74) is 6.38. The molecule has 0 aromatic rings. The van der Waals surface area contributed by atoms with Crippen LogP contribution in [0, 0.1) is 5.92 Å². The predicted octanol–water partition coefficient (Wildman–Crippen LogP) is 1.96. The number of methoxy groups -OCH3 is 1. The Labute approximate surface area is 116 Å². The van der Waals surface area contributed by atoms with Crippen LogP contribution in [-0.2, 0) is 4.74 Å². The Kier molecular flexibility index (Phi) is 4.98. The average Bonchev–Trinajstić information content (AvgIpc) is 3.14. The van der Waals surface area contributed by atoms with Gasteiger partial charge in [0, 0.05) is 42.8 Å². The second-order valence-corrected chi connectivity index (χ2v) is 7.45. The van der Waals surface area contributed by atoms with Crippen LogP contribution in [0.4, 0.5) is 0 Å². The third-order valence-corrected chi connectivity index (χ3v) is 6.07. The fourth-order valence-electron chi connectivity index (χ4n) is 3.31. The van der Waals surface area contributed by atoms with Gasteiger partial charge in [-0.05, 0) is 32.1 Å². The number of nitrogens with zero attached hydrogens (tertiary/aromatic N) is 1. The number of hydrogen-bond donors (Lipinski definition) is 1. The lowest BCUT2D eigenvalue weighted by atomic mass is 9.91. The quantitative estimate of drug-likeness (QED) is 0.769. The fraction of sp³-hybridized carbons (Fsp3) is 1.00. The average molecular weight is 272 g/mol. The fourth-order valence-corrected chi connectivity index (χ4v) is 4.73. The minimum atomic E-state index is 0.213. The normalized spacial score (nSPS) is 34.2. The molecule has 3 atom stereocenters. The van der Waals surface area contributed by atoms with Crippen LogP contribution in [0.5, 0.6) is 0 Å². The van der Waals surface area contributed by atoms with Crippen molar-refractivity contribution in [2.24, 2.45) is 11.7 Å². The molecule has 18 heavy (non-hydrogen) atoms. The van der Waals surface area contributed by atoms with Crippen molar-refractivity contribution in [2.75, 3.05) is 32.6 Å². The molecule has 0 aromatic heterocycles. The van der Waals surface area contributed by atoms with Gasteiger partial charge in [-0.15, -0.1) is 0 Å². The van der Waals surface area contributed by atoms with E-state index in [4.69, 9.17) is 10.5 Å². The number of nitrogens with two attached hydrogens (primary N) is 1. The molecule has 1 aliphatic heterocycles. The van der Waals surface area contributed by atoms with Gasteiger partial charge >= 0.3 is 0 Å². The predicted molar refractivity (Wildman–Crippen MR) is 79.1 cm³/mol. The molecule has 0 radical (unpaired) electrons. The van der Waals surface area contributed by atoms with E-state index in [1.165, 1.54) is 25.0 Å². The van der Waals surface area contributed by atoms with Gasteiger partial charge in [0.15, 0.2) is 0 Å². The summed E-state index contributed by atoms with van der Waals surface area (Å²) in [4.78, 5) is 2.67.